The number of halogens is 1. The van der Waals surface area contributed by atoms with Gasteiger partial charge in [-0.1, -0.05) is 15.9 Å². The van der Waals surface area contributed by atoms with E-state index in [1.165, 1.54) is 18.2 Å². The summed E-state index contributed by atoms with van der Waals surface area (Å²) in [7, 11) is 0. The molecule has 0 saturated heterocycles. The summed E-state index contributed by atoms with van der Waals surface area (Å²) in [5.41, 5.74) is 0.589. The van der Waals surface area contributed by atoms with E-state index in [0.29, 0.717) is 17.1 Å². The Morgan fingerprint density at radius 2 is 1.88 bits per heavy atom. The normalized spacial score (nSPS) is 10.8. The van der Waals surface area contributed by atoms with Crippen molar-refractivity contribution in [2.24, 2.45) is 0 Å². The fraction of sp³-hybridized carbons (Fsp3) is 0.182. The third-order valence-electron chi connectivity index (χ3n) is 2.29. The summed E-state index contributed by atoms with van der Waals surface area (Å²) in [4.78, 5) is 11.2. The second-order valence-electron chi connectivity index (χ2n) is 3.37. The maximum Gasteiger partial charge on any atom is 0.336 e. The van der Waals surface area contributed by atoms with Gasteiger partial charge in [0.05, 0.1) is 0 Å². The lowest BCUT2D eigenvalue weighted by Crippen LogP contribution is -2.01. The van der Waals surface area contributed by atoms with Crippen LogP contribution in [0.15, 0.2) is 27.4 Å². The van der Waals surface area contributed by atoms with E-state index >= 15 is 0 Å². The highest BCUT2D eigenvalue weighted by Crippen LogP contribution is 2.31. The first-order chi connectivity index (χ1) is 7.61. The zero-order chi connectivity index (χ0) is 11.7. The van der Waals surface area contributed by atoms with Gasteiger partial charge in [0.25, 0.3) is 0 Å². The minimum Gasteiger partial charge on any atom is -0.504 e. The molecule has 2 rings (SSSR count). The average molecular weight is 285 g/mol. The highest BCUT2D eigenvalue weighted by Gasteiger charge is 2.09. The van der Waals surface area contributed by atoms with Gasteiger partial charge in [0.1, 0.15) is 5.58 Å². The molecule has 1 heterocycles. The molecule has 0 radical (unpaired) electrons. The highest BCUT2D eigenvalue weighted by molar-refractivity contribution is 9.09. The molecule has 0 spiro atoms. The fourth-order valence-corrected chi connectivity index (χ4v) is 1.99. The number of phenolic OH excluding ortho intramolecular Hbond substituents is 2. The number of aryl methyl sites for hydroxylation is 1. The van der Waals surface area contributed by atoms with Gasteiger partial charge < -0.3 is 14.6 Å². The van der Waals surface area contributed by atoms with Crippen LogP contribution in [0, 0.1) is 0 Å². The van der Waals surface area contributed by atoms with E-state index in [2.05, 4.69) is 15.9 Å². The van der Waals surface area contributed by atoms with Crippen LogP contribution in [0.4, 0.5) is 0 Å². The Labute approximate surface area is 99.3 Å². The molecule has 0 aliphatic carbocycles. The lowest BCUT2D eigenvalue weighted by atomic mass is 10.1. The van der Waals surface area contributed by atoms with Gasteiger partial charge >= 0.3 is 5.63 Å². The third kappa shape index (κ3) is 1.90. The van der Waals surface area contributed by atoms with Crippen molar-refractivity contribution >= 4 is 26.9 Å². The van der Waals surface area contributed by atoms with Crippen LogP contribution in [0.1, 0.15) is 5.56 Å². The molecule has 0 aliphatic rings. The minimum atomic E-state index is -0.464. The van der Waals surface area contributed by atoms with E-state index in [4.69, 9.17) is 4.42 Å². The molecular weight excluding hydrogens is 276 g/mol. The first-order valence-corrected chi connectivity index (χ1v) is 5.78. The molecule has 0 unspecified atom stereocenters. The zero-order valence-corrected chi connectivity index (χ0v) is 9.82. The van der Waals surface area contributed by atoms with Gasteiger partial charge in [-0.2, -0.15) is 0 Å². The SMILES string of the molecule is O=c1cc(CCBr)c2cc(O)c(O)cc2o1. The van der Waals surface area contributed by atoms with Crippen LogP contribution in [0.5, 0.6) is 11.5 Å². The van der Waals surface area contributed by atoms with Crippen LogP contribution in [0.3, 0.4) is 0 Å². The number of aromatic hydroxyl groups is 2. The van der Waals surface area contributed by atoms with Crippen LogP contribution >= 0.6 is 15.9 Å². The summed E-state index contributed by atoms with van der Waals surface area (Å²) < 4.78 is 4.94. The van der Waals surface area contributed by atoms with Crippen LogP contribution in [-0.4, -0.2) is 15.5 Å². The smallest absolute Gasteiger partial charge is 0.336 e. The van der Waals surface area contributed by atoms with E-state index in [-0.39, 0.29) is 17.1 Å². The molecule has 0 fully saturated rings. The largest absolute Gasteiger partial charge is 0.504 e. The fourth-order valence-electron chi connectivity index (χ4n) is 1.56. The van der Waals surface area contributed by atoms with Crippen molar-refractivity contribution in [1.29, 1.82) is 0 Å². The number of hydrogen-bond donors (Lipinski definition) is 2. The van der Waals surface area contributed by atoms with Crippen molar-refractivity contribution < 1.29 is 14.6 Å². The number of fused-ring (bicyclic) bond motifs is 1. The molecule has 1 aromatic carbocycles. The molecule has 16 heavy (non-hydrogen) atoms. The number of hydrogen-bond acceptors (Lipinski definition) is 4. The van der Waals surface area contributed by atoms with Crippen molar-refractivity contribution in [3.05, 3.63) is 34.2 Å². The van der Waals surface area contributed by atoms with E-state index < -0.39 is 5.63 Å². The van der Waals surface area contributed by atoms with Crippen LogP contribution in [-0.2, 0) is 6.42 Å². The summed E-state index contributed by atoms with van der Waals surface area (Å²) in [5, 5.41) is 20.0. The van der Waals surface area contributed by atoms with Crippen molar-refractivity contribution in [2.45, 2.75) is 6.42 Å². The lowest BCUT2D eigenvalue weighted by Gasteiger charge is -2.05. The second kappa shape index (κ2) is 4.17. The van der Waals surface area contributed by atoms with Crippen molar-refractivity contribution in [1.82, 2.24) is 0 Å². The minimum absolute atomic E-state index is 0.225. The van der Waals surface area contributed by atoms with Gasteiger partial charge in [0.2, 0.25) is 0 Å². The Bertz CT molecular complexity index is 588. The topological polar surface area (TPSA) is 70.7 Å². The summed E-state index contributed by atoms with van der Waals surface area (Å²) in [6.45, 7) is 0. The van der Waals surface area contributed by atoms with Gasteiger partial charge in [-0.3, -0.25) is 0 Å². The quantitative estimate of drug-likeness (QED) is 0.504. The van der Waals surface area contributed by atoms with E-state index in [1.54, 1.807) is 0 Å². The summed E-state index contributed by atoms with van der Waals surface area (Å²) in [6.07, 6.45) is 0.645. The predicted octanol–water partition coefficient (Wildman–Crippen LogP) is 2.14. The van der Waals surface area contributed by atoms with Crippen LogP contribution < -0.4 is 5.63 Å². The first kappa shape index (κ1) is 11.0. The predicted molar refractivity (Wildman–Crippen MR) is 63.3 cm³/mol. The highest BCUT2D eigenvalue weighted by atomic mass is 79.9. The average Bonchev–Trinajstić information content (AvgIpc) is 2.21. The Kier molecular flexibility index (Phi) is 2.87. The maximum atomic E-state index is 11.2. The summed E-state index contributed by atoms with van der Waals surface area (Å²) in [6, 6.07) is 4.02. The lowest BCUT2D eigenvalue weighted by molar-refractivity contribution is 0.403. The molecule has 2 aromatic rings. The Morgan fingerprint density at radius 1 is 1.19 bits per heavy atom. The summed E-state index contributed by atoms with van der Waals surface area (Å²) in [5.74, 6) is -0.524. The number of alkyl halides is 1. The first-order valence-electron chi connectivity index (χ1n) is 4.66. The molecule has 84 valence electrons. The van der Waals surface area contributed by atoms with Crippen LogP contribution in [0.2, 0.25) is 0 Å². The maximum absolute atomic E-state index is 11.2. The van der Waals surface area contributed by atoms with Gasteiger partial charge in [-0.25, -0.2) is 4.79 Å². The Morgan fingerprint density at radius 3 is 2.56 bits per heavy atom. The summed E-state index contributed by atoms with van der Waals surface area (Å²) >= 11 is 3.28. The molecule has 0 amide bonds. The molecule has 5 heteroatoms. The van der Waals surface area contributed by atoms with Crippen molar-refractivity contribution in [3.63, 3.8) is 0 Å². The molecule has 0 saturated carbocycles. The van der Waals surface area contributed by atoms with Gasteiger partial charge in [-0.15, -0.1) is 0 Å². The van der Waals surface area contributed by atoms with Gasteiger partial charge in [-0.05, 0) is 18.1 Å². The number of phenols is 2. The zero-order valence-electron chi connectivity index (χ0n) is 8.24. The number of benzene rings is 1. The second-order valence-corrected chi connectivity index (χ2v) is 4.16. The van der Waals surface area contributed by atoms with Gasteiger partial charge in [0, 0.05) is 22.8 Å². The molecule has 1 aromatic heterocycles. The molecule has 0 aliphatic heterocycles. The third-order valence-corrected chi connectivity index (χ3v) is 2.69. The van der Waals surface area contributed by atoms with E-state index in [1.807, 2.05) is 0 Å². The molecule has 0 atom stereocenters. The molecule has 2 N–H and O–H groups in total. The Balaban J connectivity index is 2.79. The standard InChI is InChI=1S/C11H9BrO4/c12-2-1-6-3-11(15)16-10-5-9(14)8(13)4-7(6)10/h3-5,13-14H,1-2H2. The molecular formula is C11H9BrO4. The van der Waals surface area contributed by atoms with Crippen molar-refractivity contribution in [3.8, 4) is 11.5 Å². The monoisotopic (exact) mass is 284 g/mol. The van der Waals surface area contributed by atoms with Gasteiger partial charge in [0.15, 0.2) is 11.5 Å². The Hall–Kier alpha value is -1.49. The molecule has 4 nitrogen and oxygen atoms in total. The van der Waals surface area contributed by atoms with E-state index in [0.717, 1.165) is 5.56 Å². The molecule has 0 bridgehead atoms. The number of rotatable bonds is 2. The van der Waals surface area contributed by atoms with Crippen molar-refractivity contribution in [2.75, 3.05) is 5.33 Å². The van der Waals surface area contributed by atoms with Crippen LogP contribution in [0.25, 0.3) is 11.0 Å². The van der Waals surface area contributed by atoms with E-state index in [9.17, 15) is 15.0 Å².